The maximum atomic E-state index is 13.0. The minimum atomic E-state index is -0.363. The van der Waals surface area contributed by atoms with Crippen LogP contribution in [0.2, 0.25) is 0 Å². The van der Waals surface area contributed by atoms with Gasteiger partial charge in [0.05, 0.1) is 11.4 Å². The molecule has 1 fully saturated rings. The number of aromatic nitrogens is 2. The number of carbonyl (C=O) groups is 1. The van der Waals surface area contributed by atoms with Crippen LogP contribution in [0.4, 0.5) is 5.69 Å². The third-order valence-electron chi connectivity index (χ3n) is 6.17. The summed E-state index contributed by atoms with van der Waals surface area (Å²) < 4.78 is 2.74. The number of hydrogen-bond donors (Lipinski definition) is 1. The van der Waals surface area contributed by atoms with Crippen molar-refractivity contribution >= 4 is 11.6 Å². The summed E-state index contributed by atoms with van der Waals surface area (Å²) in [7, 11) is 1.51. The molecular formula is C25H28N4O3. The van der Waals surface area contributed by atoms with Gasteiger partial charge in [0.2, 0.25) is 5.91 Å². The van der Waals surface area contributed by atoms with Crippen molar-refractivity contribution in [2.24, 2.45) is 13.0 Å². The number of piperidine rings is 1. The maximum Gasteiger partial charge on any atom is 0.335 e. The van der Waals surface area contributed by atoms with Gasteiger partial charge in [0, 0.05) is 32.6 Å². The van der Waals surface area contributed by atoms with Gasteiger partial charge in [0.15, 0.2) is 0 Å². The van der Waals surface area contributed by atoms with E-state index in [0.717, 1.165) is 15.8 Å². The van der Waals surface area contributed by atoms with Crippen molar-refractivity contribution in [1.29, 1.82) is 0 Å². The Kier molecular flexibility index (Phi) is 6.25. The van der Waals surface area contributed by atoms with Gasteiger partial charge in [-0.2, -0.15) is 0 Å². The van der Waals surface area contributed by atoms with Gasteiger partial charge >= 0.3 is 5.69 Å². The van der Waals surface area contributed by atoms with E-state index in [9.17, 15) is 14.4 Å². The Morgan fingerprint density at radius 2 is 1.56 bits per heavy atom. The van der Waals surface area contributed by atoms with Gasteiger partial charge in [-0.05, 0) is 37.5 Å². The van der Waals surface area contributed by atoms with Gasteiger partial charge in [-0.3, -0.25) is 18.7 Å². The molecule has 1 N–H and O–H groups in total. The van der Waals surface area contributed by atoms with Crippen molar-refractivity contribution in [3.8, 4) is 5.69 Å². The Morgan fingerprint density at radius 3 is 2.19 bits per heavy atom. The van der Waals surface area contributed by atoms with Gasteiger partial charge in [0.25, 0.3) is 5.56 Å². The molecule has 1 amide bonds. The van der Waals surface area contributed by atoms with E-state index < -0.39 is 0 Å². The highest BCUT2D eigenvalue weighted by molar-refractivity contribution is 5.79. The molecule has 0 unspecified atom stereocenters. The smallest absolute Gasteiger partial charge is 0.335 e. The number of nitrogens with one attached hydrogen (secondary N) is 1. The molecule has 1 aliphatic heterocycles. The molecule has 0 saturated carbocycles. The van der Waals surface area contributed by atoms with E-state index in [1.54, 1.807) is 4.57 Å². The number of amides is 1. The van der Waals surface area contributed by atoms with E-state index in [1.807, 2.05) is 72.5 Å². The van der Waals surface area contributed by atoms with Crippen molar-refractivity contribution in [3.63, 3.8) is 0 Å². The summed E-state index contributed by atoms with van der Waals surface area (Å²) in [5.74, 6) is -0.0356. The van der Waals surface area contributed by atoms with Gasteiger partial charge in [0.1, 0.15) is 5.69 Å². The molecule has 0 aliphatic carbocycles. The Balaban J connectivity index is 1.51. The van der Waals surface area contributed by atoms with E-state index in [-0.39, 0.29) is 23.1 Å². The number of benzene rings is 2. The first-order valence-electron chi connectivity index (χ1n) is 10.9. The molecule has 3 aromatic rings. The summed E-state index contributed by atoms with van der Waals surface area (Å²) in [5.41, 5.74) is 2.28. The van der Waals surface area contributed by atoms with Gasteiger partial charge in [-0.25, -0.2) is 4.79 Å². The van der Waals surface area contributed by atoms with Crippen LogP contribution in [0.5, 0.6) is 0 Å². The molecule has 4 rings (SSSR count). The third kappa shape index (κ3) is 4.23. The molecule has 2 aromatic carbocycles. The molecule has 1 saturated heterocycles. The second-order valence-electron chi connectivity index (χ2n) is 8.22. The van der Waals surface area contributed by atoms with Crippen LogP contribution in [-0.2, 0) is 18.4 Å². The molecule has 1 aromatic heterocycles. The van der Waals surface area contributed by atoms with Gasteiger partial charge < -0.3 is 10.2 Å². The van der Waals surface area contributed by atoms with E-state index in [2.05, 4.69) is 5.32 Å². The average molecular weight is 433 g/mol. The first-order chi connectivity index (χ1) is 15.5. The van der Waals surface area contributed by atoms with Crippen LogP contribution >= 0.6 is 0 Å². The molecule has 166 valence electrons. The highest BCUT2D eigenvalue weighted by Gasteiger charge is 2.28. The van der Waals surface area contributed by atoms with E-state index >= 15 is 0 Å². The second kappa shape index (κ2) is 9.26. The number of para-hydroxylation sites is 1. The molecule has 7 heteroatoms. The van der Waals surface area contributed by atoms with Crippen LogP contribution in [0.15, 0.2) is 70.3 Å². The molecule has 32 heavy (non-hydrogen) atoms. The second-order valence-corrected chi connectivity index (χ2v) is 8.22. The molecule has 2 heterocycles. The number of nitrogens with zero attached hydrogens (tertiary/aromatic N) is 3. The normalized spacial score (nSPS) is 14.4. The van der Waals surface area contributed by atoms with Gasteiger partial charge in [-0.1, -0.05) is 48.5 Å². The summed E-state index contributed by atoms with van der Waals surface area (Å²) in [6.07, 6.45) is 1.32. The van der Waals surface area contributed by atoms with E-state index in [4.69, 9.17) is 0 Å². The zero-order chi connectivity index (χ0) is 22.7. The summed E-state index contributed by atoms with van der Waals surface area (Å²) in [5, 5.41) is 3.02. The van der Waals surface area contributed by atoms with Crippen molar-refractivity contribution in [1.82, 2.24) is 14.5 Å². The summed E-state index contributed by atoms with van der Waals surface area (Å²) >= 11 is 0. The fourth-order valence-electron chi connectivity index (χ4n) is 4.34. The van der Waals surface area contributed by atoms with Crippen LogP contribution in [-0.4, -0.2) is 28.1 Å². The quantitative estimate of drug-likeness (QED) is 0.672. The SMILES string of the molecule is Cc1c(N2CCC(C(=O)NCc3ccccc3)CC2)c(=O)n(C)c(=O)n1-c1ccccc1. The van der Waals surface area contributed by atoms with Crippen molar-refractivity contribution in [2.45, 2.75) is 26.3 Å². The zero-order valence-corrected chi connectivity index (χ0v) is 18.5. The first kappa shape index (κ1) is 21.6. The number of anilines is 1. The van der Waals surface area contributed by atoms with Crippen molar-refractivity contribution < 1.29 is 4.79 Å². The highest BCUT2D eigenvalue weighted by atomic mass is 16.2. The van der Waals surface area contributed by atoms with E-state index in [1.165, 1.54) is 7.05 Å². The largest absolute Gasteiger partial charge is 0.366 e. The molecule has 7 nitrogen and oxygen atoms in total. The number of carbonyl (C=O) groups excluding carboxylic acids is 1. The van der Waals surface area contributed by atoms with Crippen molar-refractivity contribution in [2.75, 3.05) is 18.0 Å². The van der Waals surface area contributed by atoms with Crippen LogP contribution in [0, 0.1) is 12.8 Å². The molecule has 0 atom stereocenters. The lowest BCUT2D eigenvalue weighted by atomic mass is 9.95. The zero-order valence-electron chi connectivity index (χ0n) is 18.5. The average Bonchev–Trinajstić information content (AvgIpc) is 2.83. The molecule has 0 radical (unpaired) electrons. The van der Waals surface area contributed by atoms with Crippen molar-refractivity contribution in [3.05, 3.63) is 92.8 Å². The molecular weight excluding hydrogens is 404 g/mol. The fraction of sp³-hybridized carbons (Fsp3) is 0.320. The number of hydrogen-bond acceptors (Lipinski definition) is 4. The van der Waals surface area contributed by atoms with Crippen LogP contribution in [0.25, 0.3) is 5.69 Å². The lowest BCUT2D eigenvalue weighted by molar-refractivity contribution is -0.125. The monoisotopic (exact) mass is 432 g/mol. The van der Waals surface area contributed by atoms with Crippen LogP contribution in [0.3, 0.4) is 0 Å². The topological polar surface area (TPSA) is 76.3 Å². The fourth-order valence-corrected chi connectivity index (χ4v) is 4.34. The lowest BCUT2D eigenvalue weighted by Crippen LogP contribution is -2.46. The standard InChI is InChI=1S/C25H28N4O3/c1-18-22(24(31)27(2)25(32)29(18)21-11-7-4-8-12-21)28-15-13-20(14-16-28)23(30)26-17-19-9-5-3-6-10-19/h3-12,20H,13-17H2,1-2H3,(H,26,30). The maximum absolute atomic E-state index is 13.0. The minimum absolute atomic E-state index is 0.0485. The predicted molar refractivity (Wildman–Crippen MR) is 125 cm³/mol. The minimum Gasteiger partial charge on any atom is -0.366 e. The summed E-state index contributed by atoms with van der Waals surface area (Å²) in [6.45, 7) is 3.50. The highest BCUT2D eigenvalue weighted by Crippen LogP contribution is 2.24. The van der Waals surface area contributed by atoms with Crippen LogP contribution < -0.4 is 21.5 Å². The molecule has 1 aliphatic rings. The predicted octanol–water partition coefficient (Wildman–Crippen LogP) is 2.38. The first-order valence-corrected chi connectivity index (χ1v) is 10.9. The Labute approximate surface area is 186 Å². The molecule has 0 spiro atoms. The van der Waals surface area contributed by atoms with Crippen LogP contribution in [0.1, 0.15) is 24.1 Å². The molecule has 0 bridgehead atoms. The Bertz CT molecular complexity index is 1210. The lowest BCUT2D eigenvalue weighted by Gasteiger charge is -2.34. The Morgan fingerprint density at radius 1 is 0.969 bits per heavy atom. The summed E-state index contributed by atoms with van der Waals surface area (Å²) in [4.78, 5) is 40.5. The summed E-state index contributed by atoms with van der Waals surface area (Å²) in [6, 6.07) is 19.2. The number of rotatable bonds is 5. The Hall–Kier alpha value is -3.61. The third-order valence-corrected chi connectivity index (χ3v) is 6.17. The van der Waals surface area contributed by atoms with Gasteiger partial charge in [-0.15, -0.1) is 0 Å². The van der Waals surface area contributed by atoms with E-state index in [0.29, 0.717) is 43.9 Å².